The second-order valence-electron chi connectivity index (χ2n) is 4.50. The van der Waals surface area contributed by atoms with Crippen molar-refractivity contribution in [2.45, 2.75) is 0 Å². The van der Waals surface area contributed by atoms with Gasteiger partial charge in [-0.3, -0.25) is 0 Å². The van der Waals surface area contributed by atoms with E-state index in [0.29, 0.717) is 16.8 Å². The molecule has 8 heteroatoms. The fraction of sp³-hybridized carbons (Fsp3) is 0. The summed E-state index contributed by atoms with van der Waals surface area (Å²) >= 11 is 12.5. The Morgan fingerprint density at radius 3 is 2.23 bits per heavy atom. The molecule has 112 valence electrons. The molecule has 3 aromatic rings. The van der Waals surface area contributed by atoms with Gasteiger partial charge in [-0.1, -0.05) is 41.4 Å². The van der Waals surface area contributed by atoms with Crippen LogP contribution in [-0.2, 0) is 0 Å². The van der Waals surface area contributed by atoms with Crippen LogP contribution in [0.25, 0.3) is 16.8 Å². The lowest BCUT2D eigenvalue weighted by Gasteiger charge is -2.11. The number of nitrogen functional groups attached to an aromatic ring is 2. The van der Waals surface area contributed by atoms with Crippen LogP contribution in [0, 0.1) is 5.82 Å². The first-order valence-electron chi connectivity index (χ1n) is 6.19. The summed E-state index contributed by atoms with van der Waals surface area (Å²) < 4.78 is 15.2. The van der Waals surface area contributed by atoms with Gasteiger partial charge in [-0.25, -0.2) is 4.39 Å². The Bertz CT molecular complexity index is 839. The number of hydrogen-bond acceptors (Lipinski definition) is 4. The van der Waals surface area contributed by atoms with E-state index in [0.717, 1.165) is 0 Å². The van der Waals surface area contributed by atoms with E-state index in [-0.39, 0.29) is 21.9 Å². The second kappa shape index (κ2) is 5.47. The summed E-state index contributed by atoms with van der Waals surface area (Å²) in [6, 6.07) is 9.37. The maximum Gasteiger partial charge on any atom is 0.241 e. The average Bonchev–Trinajstić information content (AvgIpc) is 2.79. The molecule has 0 bridgehead atoms. The van der Waals surface area contributed by atoms with Crippen LogP contribution in [0.3, 0.4) is 0 Å². The molecule has 0 aliphatic rings. The predicted molar refractivity (Wildman–Crippen MR) is 85.6 cm³/mol. The lowest BCUT2D eigenvalue weighted by Crippen LogP contribution is -2.03. The first-order valence-corrected chi connectivity index (χ1v) is 6.95. The molecule has 0 unspecified atom stereocenters. The van der Waals surface area contributed by atoms with Crippen LogP contribution in [0.2, 0.25) is 10.0 Å². The van der Waals surface area contributed by atoms with Crippen LogP contribution >= 0.6 is 23.2 Å². The largest absolute Gasteiger partial charge is 0.368 e. The lowest BCUT2D eigenvalue weighted by atomic mass is 10.0. The molecule has 0 fully saturated rings. The van der Waals surface area contributed by atoms with Crippen molar-refractivity contribution in [3.63, 3.8) is 0 Å². The predicted octanol–water partition coefficient (Wildman–Crippen LogP) is 3.54. The van der Waals surface area contributed by atoms with Crippen molar-refractivity contribution in [2.24, 2.45) is 0 Å². The van der Waals surface area contributed by atoms with E-state index < -0.39 is 5.82 Å². The van der Waals surface area contributed by atoms with Gasteiger partial charge in [0, 0.05) is 11.1 Å². The van der Waals surface area contributed by atoms with Gasteiger partial charge in [0.2, 0.25) is 11.9 Å². The topological polar surface area (TPSA) is 82.7 Å². The summed E-state index contributed by atoms with van der Waals surface area (Å²) in [4.78, 5) is 3.80. The molecule has 2 aromatic carbocycles. The Balaban J connectivity index is 2.18. The molecule has 5 nitrogen and oxygen atoms in total. The first kappa shape index (κ1) is 14.6. The van der Waals surface area contributed by atoms with E-state index in [2.05, 4.69) is 10.1 Å². The summed E-state index contributed by atoms with van der Waals surface area (Å²) in [6.45, 7) is 0. The number of nitrogens with zero attached hydrogens (tertiary/aromatic N) is 3. The summed E-state index contributed by atoms with van der Waals surface area (Å²) in [5.74, 6) is -0.283. The van der Waals surface area contributed by atoms with Gasteiger partial charge in [-0.15, -0.1) is 5.10 Å². The fourth-order valence-electron chi connectivity index (χ4n) is 2.13. The summed E-state index contributed by atoms with van der Waals surface area (Å²) in [7, 11) is 0. The molecule has 0 aliphatic heterocycles. The molecule has 0 saturated heterocycles. The van der Waals surface area contributed by atoms with E-state index in [1.807, 2.05) is 0 Å². The van der Waals surface area contributed by atoms with Crippen LogP contribution in [0.15, 0.2) is 36.4 Å². The van der Waals surface area contributed by atoms with Gasteiger partial charge in [0.25, 0.3) is 0 Å². The van der Waals surface area contributed by atoms with Crippen LogP contribution in [0.5, 0.6) is 0 Å². The van der Waals surface area contributed by atoms with Crippen LogP contribution in [-0.4, -0.2) is 14.8 Å². The first-order chi connectivity index (χ1) is 10.5. The molecular formula is C14H10Cl2FN5. The number of rotatable bonds is 2. The highest BCUT2D eigenvalue weighted by atomic mass is 35.5. The standard InChI is InChI=1S/C14H10Cl2FN5/c15-9-5-7(22-14(19)20-13(18)21-22)6-10(16)12(9)8-3-1-2-4-11(8)17/h1-6H,(H4,18,19,20,21). The fourth-order valence-corrected chi connectivity index (χ4v) is 2.81. The van der Waals surface area contributed by atoms with E-state index in [9.17, 15) is 4.39 Å². The second-order valence-corrected chi connectivity index (χ2v) is 5.32. The number of nitrogens with two attached hydrogens (primary N) is 2. The zero-order valence-corrected chi connectivity index (χ0v) is 12.6. The zero-order chi connectivity index (χ0) is 15.9. The molecule has 3 rings (SSSR count). The quantitative estimate of drug-likeness (QED) is 0.749. The van der Waals surface area contributed by atoms with Gasteiger partial charge >= 0.3 is 0 Å². The van der Waals surface area contributed by atoms with Crippen molar-refractivity contribution in [2.75, 3.05) is 11.5 Å². The summed E-state index contributed by atoms with van der Waals surface area (Å²) in [5, 5.41) is 4.48. The maximum absolute atomic E-state index is 13.9. The van der Waals surface area contributed by atoms with Gasteiger partial charge in [0.15, 0.2) is 0 Å². The third kappa shape index (κ3) is 2.47. The Labute approximate surface area is 135 Å². The summed E-state index contributed by atoms with van der Waals surface area (Å²) in [5.41, 5.74) is 12.4. The summed E-state index contributed by atoms with van der Waals surface area (Å²) in [6.07, 6.45) is 0. The van der Waals surface area contributed by atoms with Gasteiger partial charge in [-0.2, -0.15) is 9.67 Å². The molecule has 0 saturated carbocycles. The SMILES string of the molecule is Nc1nc(N)n(-c2cc(Cl)c(-c3ccccc3F)c(Cl)c2)n1. The number of benzene rings is 2. The van der Waals surface area contributed by atoms with Crippen LogP contribution in [0.1, 0.15) is 0 Å². The van der Waals surface area contributed by atoms with E-state index in [1.165, 1.54) is 10.7 Å². The molecular weight excluding hydrogens is 328 g/mol. The average molecular weight is 338 g/mol. The number of hydrogen-bond donors (Lipinski definition) is 2. The highest BCUT2D eigenvalue weighted by Gasteiger charge is 2.16. The number of aromatic nitrogens is 3. The van der Waals surface area contributed by atoms with Crippen molar-refractivity contribution in [3.8, 4) is 16.8 Å². The van der Waals surface area contributed by atoms with E-state index in [4.69, 9.17) is 34.7 Å². The molecule has 0 atom stereocenters. The molecule has 1 heterocycles. The van der Waals surface area contributed by atoms with Crippen molar-refractivity contribution >= 4 is 35.1 Å². The molecule has 0 amide bonds. The van der Waals surface area contributed by atoms with Crippen molar-refractivity contribution < 1.29 is 4.39 Å². The third-order valence-corrected chi connectivity index (χ3v) is 3.66. The highest BCUT2D eigenvalue weighted by molar-refractivity contribution is 6.39. The van der Waals surface area contributed by atoms with Crippen molar-refractivity contribution in [1.29, 1.82) is 0 Å². The van der Waals surface area contributed by atoms with Crippen molar-refractivity contribution in [1.82, 2.24) is 14.8 Å². The Morgan fingerprint density at radius 1 is 1.05 bits per heavy atom. The van der Waals surface area contributed by atoms with Gasteiger partial charge in [0.1, 0.15) is 5.82 Å². The maximum atomic E-state index is 13.9. The molecule has 0 spiro atoms. The Hall–Kier alpha value is -2.31. The minimum Gasteiger partial charge on any atom is -0.368 e. The van der Waals surface area contributed by atoms with Gasteiger partial charge < -0.3 is 11.5 Å². The van der Waals surface area contributed by atoms with Gasteiger partial charge in [0.05, 0.1) is 15.7 Å². The molecule has 1 aromatic heterocycles. The number of halogens is 3. The minimum absolute atomic E-state index is 0.0305. The molecule has 0 radical (unpaired) electrons. The van der Waals surface area contributed by atoms with Crippen LogP contribution in [0.4, 0.5) is 16.3 Å². The zero-order valence-electron chi connectivity index (χ0n) is 11.1. The lowest BCUT2D eigenvalue weighted by molar-refractivity contribution is 0.631. The van der Waals surface area contributed by atoms with Crippen LogP contribution < -0.4 is 11.5 Å². The van der Waals surface area contributed by atoms with E-state index in [1.54, 1.807) is 30.3 Å². The third-order valence-electron chi connectivity index (χ3n) is 3.06. The highest BCUT2D eigenvalue weighted by Crippen LogP contribution is 2.38. The molecule has 4 N–H and O–H groups in total. The molecule has 0 aliphatic carbocycles. The smallest absolute Gasteiger partial charge is 0.241 e. The Morgan fingerprint density at radius 2 is 1.68 bits per heavy atom. The number of anilines is 2. The van der Waals surface area contributed by atoms with Crippen molar-refractivity contribution in [3.05, 3.63) is 52.3 Å². The van der Waals surface area contributed by atoms with E-state index >= 15 is 0 Å². The monoisotopic (exact) mass is 337 g/mol. The minimum atomic E-state index is -0.413. The Kier molecular flexibility index (Phi) is 3.64. The van der Waals surface area contributed by atoms with Gasteiger partial charge in [-0.05, 0) is 18.2 Å². The molecule has 22 heavy (non-hydrogen) atoms. The normalized spacial score (nSPS) is 10.9.